The van der Waals surface area contributed by atoms with Crippen molar-refractivity contribution in [2.45, 2.75) is 19.5 Å². The van der Waals surface area contributed by atoms with Crippen LogP contribution in [0.1, 0.15) is 12.0 Å². The summed E-state index contributed by atoms with van der Waals surface area (Å²) in [6.45, 7) is 1.56. The molecule has 3 heterocycles. The van der Waals surface area contributed by atoms with Gasteiger partial charge in [0.1, 0.15) is 0 Å². The molecule has 1 aliphatic heterocycles. The van der Waals surface area contributed by atoms with Crippen molar-refractivity contribution in [3.8, 4) is 0 Å². The number of hydrogen-bond acceptors (Lipinski definition) is 4. The number of halogens is 2. The van der Waals surface area contributed by atoms with Crippen LogP contribution in [0.5, 0.6) is 0 Å². The van der Waals surface area contributed by atoms with E-state index in [2.05, 4.69) is 20.8 Å². The summed E-state index contributed by atoms with van der Waals surface area (Å²) in [5.41, 5.74) is 1.77. The number of aromatic nitrogens is 4. The van der Waals surface area contributed by atoms with Gasteiger partial charge < -0.3 is 9.47 Å². The summed E-state index contributed by atoms with van der Waals surface area (Å²) in [6.07, 6.45) is 0.862. The zero-order chi connectivity index (χ0) is 21.7. The van der Waals surface area contributed by atoms with Crippen LogP contribution in [0.15, 0.2) is 62.6 Å². The third-order valence-electron chi connectivity index (χ3n) is 5.64. The molecule has 0 atom stereocenters. The van der Waals surface area contributed by atoms with Crippen LogP contribution in [0.25, 0.3) is 11.2 Å². The highest BCUT2D eigenvalue weighted by Crippen LogP contribution is 2.31. The Morgan fingerprint density at radius 1 is 1.06 bits per heavy atom. The van der Waals surface area contributed by atoms with Gasteiger partial charge in [0, 0.05) is 35.3 Å². The maximum Gasteiger partial charge on any atom is 0.332 e. The van der Waals surface area contributed by atoms with Gasteiger partial charge in [0.05, 0.1) is 6.54 Å². The van der Waals surface area contributed by atoms with Crippen LogP contribution in [0, 0.1) is 0 Å². The molecule has 31 heavy (non-hydrogen) atoms. The summed E-state index contributed by atoms with van der Waals surface area (Å²) in [7, 11) is 1.65. The number of hydrogen-bond donors (Lipinski definition) is 0. The van der Waals surface area contributed by atoms with Crippen LogP contribution in [0.2, 0.25) is 5.02 Å². The Labute approximate surface area is 191 Å². The lowest BCUT2D eigenvalue weighted by Gasteiger charge is -2.29. The largest absolute Gasteiger partial charge is 0.332 e. The standard InChI is InChI=1S/C22H19BrClN5O2/c1-26-19-18(20(30)29(22(26)31)13-14-5-2-3-6-17(14)24)28-12-4-11-27(21(28)25-19)16-9-7-15(23)8-10-16/h2-3,5-10H,4,11-13H2,1H3. The van der Waals surface area contributed by atoms with Crippen LogP contribution in [-0.2, 0) is 20.1 Å². The number of imidazole rings is 1. The van der Waals surface area contributed by atoms with Crippen molar-refractivity contribution in [3.05, 3.63) is 84.4 Å². The second-order valence-corrected chi connectivity index (χ2v) is 8.86. The molecule has 2 aromatic heterocycles. The molecule has 0 N–H and O–H groups in total. The number of rotatable bonds is 3. The molecule has 5 rings (SSSR count). The quantitative estimate of drug-likeness (QED) is 0.428. The van der Waals surface area contributed by atoms with Crippen molar-refractivity contribution in [2.24, 2.45) is 7.05 Å². The van der Waals surface area contributed by atoms with Gasteiger partial charge in [-0.25, -0.2) is 4.79 Å². The van der Waals surface area contributed by atoms with Gasteiger partial charge in [-0.2, -0.15) is 4.98 Å². The second kappa shape index (κ2) is 7.69. The first-order valence-corrected chi connectivity index (χ1v) is 11.1. The fourth-order valence-electron chi connectivity index (χ4n) is 4.07. The van der Waals surface area contributed by atoms with Crippen molar-refractivity contribution in [1.82, 2.24) is 18.7 Å². The number of benzene rings is 2. The van der Waals surface area contributed by atoms with Crippen molar-refractivity contribution in [2.75, 3.05) is 11.4 Å². The van der Waals surface area contributed by atoms with Gasteiger partial charge in [-0.05, 0) is 42.3 Å². The molecule has 0 spiro atoms. The Bertz CT molecular complexity index is 1420. The Morgan fingerprint density at radius 2 is 1.81 bits per heavy atom. The maximum absolute atomic E-state index is 13.5. The Hall–Kier alpha value is -2.84. The lowest BCUT2D eigenvalue weighted by molar-refractivity contribution is 0.597. The van der Waals surface area contributed by atoms with Gasteiger partial charge in [0.25, 0.3) is 5.56 Å². The van der Waals surface area contributed by atoms with Crippen LogP contribution in [-0.4, -0.2) is 25.2 Å². The van der Waals surface area contributed by atoms with E-state index in [9.17, 15) is 9.59 Å². The van der Waals surface area contributed by atoms with Gasteiger partial charge in [-0.1, -0.05) is 45.7 Å². The Morgan fingerprint density at radius 3 is 2.55 bits per heavy atom. The summed E-state index contributed by atoms with van der Waals surface area (Å²) >= 11 is 9.74. The number of fused-ring (bicyclic) bond motifs is 3. The molecular formula is C22H19BrClN5O2. The summed E-state index contributed by atoms with van der Waals surface area (Å²) in [5, 5.41) is 0.522. The third kappa shape index (κ3) is 3.30. The van der Waals surface area contributed by atoms with Crippen LogP contribution in [0.3, 0.4) is 0 Å². The van der Waals surface area contributed by atoms with E-state index in [-0.39, 0.29) is 12.1 Å². The van der Waals surface area contributed by atoms with Crippen LogP contribution in [0.4, 0.5) is 11.6 Å². The van der Waals surface area contributed by atoms with Crippen molar-refractivity contribution in [3.63, 3.8) is 0 Å². The lowest BCUT2D eigenvalue weighted by Crippen LogP contribution is -2.40. The summed E-state index contributed by atoms with van der Waals surface area (Å²) < 4.78 is 5.59. The normalized spacial score (nSPS) is 13.6. The van der Waals surface area contributed by atoms with Crippen molar-refractivity contribution in [1.29, 1.82) is 0 Å². The van der Waals surface area contributed by atoms with Gasteiger partial charge >= 0.3 is 5.69 Å². The summed E-state index contributed by atoms with van der Waals surface area (Å²) in [5.74, 6) is 0.672. The molecule has 0 unspecified atom stereocenters. The van der Waals surface area contributed by atoms with Crippen LogP contribution >= 0.6 is 27.5 Å². The van der Waals surface area contributed by atoms with E-state index in [0.717, 1.165) is 28.7 Å². The lowest BCUT2D eigenvalue weighted by atomic mass is 10.2. The van der Waals surface area contributed by atoms with Crippen molar-refractivity contribution < 1.29 is 0 Å². The average Bonchev–Trinajstić information content (AvgIpc) is 3.17. The maximum atomic E-state index is 13.5. The molecule has 2 aromatic carbocycles. The molecule has 0 bridgehead atoms. The molecule has 0 radical (unpaired) electrons. The monoisotopic (exact) mass is 499 g/mol. The SMILES string of the molecule is Cn1c(=O)n(Cc2ccccc2Cl)c(=O)c2c1nc1n2CCCN1c1ccc(Br)cc1. The minimum atomic E-state index is -0.414. The fourth-order valence-corrected chi connectivity index (χ4v) is 4.53. The molecule has 158 valence electrons. The molecular weight excluding hydrogens is 482 g/mol. The molecule has 4 aromatic rings. The predicted octanol–water partition coefficient (Wildman–Crippen LogP) is 3.90. The molecule has 0 fully saturated rings. The molecule has 0 aliphatic carbocycles. The smallest absolute Gasteiger partial charge is 0.312 e. The number of aryl methyl sites for hydroxylation is 2. The Kier molecular flexibility index (Phi) is 4.98. The molecule has 0 saturated carbocycles. The van der Waals surface area contributed by atoms with E-state index in [1.54, 1.807) is 13.1 Å². The minimum Gasteiger partial charge on any atom is -0.312 e. The van der Waals surface area contributed by atoms with Gasteiger partial charge in [-0.3, -0.25) is 13.9 Å². The third-order valence-corrected chi connectivity index (χ3v) is 6.54. The highest BCUT2D eigenvalue weighted by molar-refractivity contribution is 9.10. The van der Waals surface area contributed by atoms with E-state index in [4.69, 9.17) is 16.6 Å². The molecule has 0 amide bonds. The van der Waals surface area contributed by atoms with E-state index < -0.39 is 5.69 Å². The Balaban J connectivity index is 1.71. The topological polar surface area (TPSA) is 65.1 Å². The first kappa shape index (κ1) is 20.1. The zero-order valence-corrected chi connectivity index (χ0v) is 19.1. The van der Waals surface area contributed by atoms with Gasteiger partial charge in [0.15, 0.2) is 11.2 Å². The van der Waals surface area contributed by atoms with Gasteiger partial charge in [-0.15, -0.1) is 0 Å². The molecule has 0 saturated heterocycles. The summed E-state index contributed by atoms with van der Waals surface area (Å²) in [4.78, 5) is 33.3. The fraction of sp³-hybridized carbons (Fsp3) is 0.227. The minimum absolute atomic E-state index is 0.109. The predicted molar refractivity (Wildman–Crippen MR) is 126 cm³/mol. The van der Waals surface area contributed by atoms with E-state index in [1.807, 2.05) is 47.0 Å². The zero-order valence-electron chi connectivity index (χ0n) is 16.8. The van der Waals surface area contributed by atoms with E-state index in [1.165, 1.54) is 9.13 Å². The van der Waals surface area contributed by atoms with Crippen molar-refractivity contribution >= 4 is 50.3 Å². The van der Waals surface area contributed by atoms with Crippen LogP contribution < -0.4 is 16.1 Å². The highest BCUT2D eigenvalue weighted by atomic mass is 79.9. The highest BCUT2D eigenvalue weighted by Gasteiger charge is 2.27. The summed E-state index contributed by atoms with van der Waals surface area (Å²) in [6, 6.07) is 15.2. The number of nitrogens with zero attached hydrogens (tertiary/aromatic N) is 5. The molecule has 9 heteroatoms. The van der Waals surface area contributed by atoms with E-state index in [0.29, 0.717) is 28.7 Å². The first-order valence-electron chi connectivity index (χ1n) is 9.92. The molecule has 7 nitrogen and oxygen atoms in total. The van der Waals surface area contributed by atoms with Gasteiger partial charge in [0.2, 0.25) is 5.95 Å². The first-order chi connectivity index (χ1) is 15.0. The molecule has 1 aliphatic rings. The average molecular weight is 501 g/mol. The second-order valence-electron chi connectivity index (χ2n) is 7.54. The number of anilines is 2. The van der Waals surface area contributed by atoms with E-state index >= 15 is 0 Å².